The summed E-state index contributed by atoms with van der Waals surface area (Å²) in [5.74, 6) is 0. The fourth-order valence-electron chi connectivity index (χ4n) is 1.46. The summed E-state index contributed by atoms with van der Waals surface area (Å²) in [6.45, 7) is -0.865. The van der Waals surface area contributed by atoms with Gasteiger partial charge in [0.25, 0.3) is 0 Å². The molecule has 0 spiro atoms. The highest BCUT2D eigenvalue weighted by atomic mass is 16.4. The van der Waals surface area contributed by atoms with Crippen LogP contribution in [-0.2, 0) is 14.4 Å². The molecule has 0 saturated heterocycles. The second-order valence-corrected chi connectivity index (χ2v) is 7.10. The average molecular weight is 557 g/mol. The molecule has 0 aliphatic heterocycles. The Labute approximate surface area is 211 Å². The molecule has 15 N–H and O–H groups in total. The van der Waals surface area contributed by atoms with Crippen LogP contribution in [-0.4, -0.2) is 189 Å². The standard InChI is InChI=1S/C6H12O5.2C5H10O5.C3H8O3/c1-3(8)5(10)6(11)4(9)2-7;2*6-1-3(8)5(10)4(9)2-7;4-1-3(6)2-5/h2-6,8-11H,1H3;2*1,3-5,7-10H,2H2;3-6H,1-2H2/t3-,4-,5-,6-;3-,4+,5-;3-,4-,5+;/m101./s1. The summed E-state index contributed by atoms with van der Waals surface area (Å²) in [7, 11) is 0. The predicted octanol–water partition coefficient (Wildman–Crippen LogP) is -9.50. The number of carbonyl (C=O) groups is 3. The third kappa shape index (κ3) is 22.1. The highest BCUT2D eigenvalue weighted by Crippen LogP contribution is 2.02. The Morgan fingerprint density at radius 3 is 0.892 bits per heavy atom. The highest BCUT2D eigenvalue weighted by molar-refractivity contribution is 5.57. The zero-order valence-electron chi connectivity index (χ0n) is 19.8. The maximum Gasteiger partial charge on any atom is 0.151 e. The van der Waals surface area contributed by atoms with Gasteiger partial charge in [-0.05, 0) is 6.92 Å². The monoisotopic (exact) mass is 556 g/mol. The van der Waals surface area contributed by atoms with E-state index in [2.05, 4.69) is 0 Å². The van der Waals surface area contributed by atoms with E-state index in [0.29, 0.717) is 0 Å². The van der Waals surface area contributed by atoms with E-state index >= 15 is 0 Å². The Bertz CT molecular complexity index is 507. The SMILES string of the molecule is C[C@@H](O)[C@@H](O)[C@H](O)[C@H](O)C=O.O=C[C@@H](O)[C@H](O)[C@H](O)CO.O=C[C@H](O)[C@H](O)[C@H](O)CO.OCC(O)CO. The molecule has 0 bridgehead atoms. The molecule has 0 fully saturated rings. The highest BCUT2D eigenvalue weighted by Gasteiger charge is 2.27. The number of carbonyl (C=O) groups excluding carboxylic acids is 3. The van der Waals surface area contributed by atoms with Gasteiger partial charge in [-0.3, -0.25) is 0 Å². The summed E-state index contributed by atoms with van der Waals surface area (Å²) in [5, 5.41) is 127. The molecule has 0 unspecified atom stereocenters. The fraction of sp³-hybridized carbons (Fsp3) is 0.842. The number of hydrogen-bond donors (Lipinski definition) is 15. The van der Waals surface area contributed by atoms with E-state index in [4.69, 9.17) is 76.6 Å². The molecular formula is C19H40O18. The second-order valence-electron chi connectivity index (χ2n) is 7.10. The molecule has 0 amide bonds. The predicted molar refractivity (Wildman–Crippen MR) is 118 cm³/mol. The van der Waals surface area contributed by atoms with Crippen LogP contribution in [0.5, 0.6) is 0 Å². The van der Waals surface area contributed by atoms with Gasteiger partial charge in [0.1, 0.15) is 61.0 Å². The van der Waals surface area contributed by atoms with Crippen LogP contribution in [0.3, 0.4) is 0 Å². The number of aliphatic hydroxyl groups is 15. The van der Waals surface area contributed by atoms with Crippen molar-refractivity contribution in [1.29, 1.82) is 0 Å². The third-order valence-electron chi connectivity index (χ3n) is 3.90. The van der Waals surface area contributed by atoms with Crippen molar-refractivity contribution < 1.29 is 91.0 Å². The Morgan fingerprint density at radius 1 is 0.459 bits per heavy atom. The van der Waals surface area contributed by atoms with Crippen molar-refractivity contribution >= 4 is 18.9 Å². The largest absolute Gasteiger partial charge is 0.394 e. The van der Waals surface area contributed by atoms with Crippen LogP contribution in [0, 0.1) is 0 Å². The van der Waals surface area contributed by atoms with Gasteiger partial charge in [-0.25, -0.2) is 0 Å². The summed E-state index contributed by atoms with van der Waals surface area (Å²) in [6.07, 6.45) is -16.1. The van der Waals surface area contributed by atoms with Crippen LogP contribution >= 0.6 is 0 Å². The van der Waals surface area contributed by atoms with Crippen LogP contribution in [0.4, 0.5) is 0 Å². The molecule has 18 nitrogen and oxygen atoms in total. The molecule has 10 atom stereocenters. The van der Waals surface area contributed by atoms with E-state index in [0.717, 1.165) is 0 Å². The summed E-state index contributed by atoms with van der Waals surface area (Å²) < 4.78 is 0. The molecule has 224 valence electrons. The molecule has 0 aromatic heterocycles. The second kappa shape index (κ2) is 26.0. The maximum absolute atomic E-state index is 9.87. The molecule has 0 aliphatic carbocycles. The molecular weight excluding hydrogens is 516 g/mol. The van der Waals surface area contributed by atoms with Gasteiger partial charge in [-0.2, -0.15) is 0 Å². The molecule has 0 aromatic rings. The summed E-state index contributed by atoms with van der Waals surface area (Å²) in [5.41, 5.74) is 0. The maximum atomic E-state index is 9.87. The molecule has 0 radical (unpaired) electrons. The van der Waals surface area contributed by atoms with Crippen molar-refractivity contribution in [2.45, 2.75) is 74.1 Å². The van der Waals surface area contributed by atoms with E-state index < -0.39 is 80.4 Å². The van der Waals surface area contributed by atoms with Crippen LogP contribution in [0.1, 0.15) is 6.92 Å². The summed E-state index contributed by atoms with van der Waals surface area (Å²) in [6, 6.07) is 0. The first-order chi connectivity index (χ1) is 17.1. The average Bonchev–Trinajstić information content (AvgIpc) is 2.93. The minimum atomic E-state index is -1.65. The van der Waals surface area contributed by atoms with E-state index in [1.54, 1.807) is 0 Å². The van der Waals surface area contributed by atoms with Gasteiger partial charge in [0.2, 0.25) is 0 Å². The number of aliphatic hydroxyl groups excluding tert-OH is 15. The lowest BCUT2D eigenvalue weighted by molar-refractivity contribution is -0.132. The quantitative estimate of drug-likeness (QED) is 0.0882. The van der Waals surface area contributed by atoms with Gasteiger partial charge < -0.3 is 91.0 Å². The number of hydrogen-bond acceptors (Lipinski definition) is 18. The van der Waals surface area contributed by atoms with Crippen LogP contribution in [0.25, 0.3) is 0 Å². The van der Waals surface area contributed by atoms with E-state index in [9.17, 15) is 14.4 Å². The Kier molecular flexibility index (Phi) is 29.9. The van der Waals surface area contributed by atoms with Crippen molar-refractivity contribution in [3.8, 4) is 0 Å². The molecule has 0 aromatic carbocycles. The lowest BCUT2D eigenvalue weighted by atomic mass is 10.1. The van der Waals surface area contributed by atoms with Crippen molar-refractivity contribution in [3.05, 3.63) is 0 Å². The molecule has 0 heterocycles. The smallest absolute Gasteiger partial charge is 0.151 e. The van der Waals surface area contributed by atoms with Gasteiger partial charge in [-0.1, -0.05) is 0 Å². The summed E-state index contributed by atoms with van der Waals surface area (Å²) in [4.78, 5) is 29.4. The minimum Gasteiger partial charge on any atom is -0.394 e. The molecule has 37 heavy (non-hydrogen) atoms. The normalized spacial score (nSPS) is 18.7. The van der Waals surface area contributed by atoms with Crippen LogP contribution < -0.4 is 0 Å². The molecule has 0 rings (SSSR count). The van der Waals surface area contributed by atoms with Crippen LogP contribution in [0.15, 0.2) is 0 Å². The molecule has 0 saturated carbocycles. The van der Waals surface area contributed by atoms with Crippen molar-refractivity contribution in [1.82, 2.24) is 0 Å². The fourth-order valence-corrected chi connectivity index (χ4v) is 1.46. The Morgan fingerprint density at radius 2 is 0.730 bits per heavy atom. The lowest BCUT2D eigenvalue weighted by Crippen LogP contribution is -2.43. The van der Waals surface area contributed by atoms with E-state index in [-0.39, 0.29) is 32.1 Å². The van der Waals surface area contributed by atoms with Gasteiger partial charge in [-0.15, -0.1) is 0 Å². The first-order valence-corrected chi connectivity index (χ1v) is 10.4. The number of aldehydes is 3. The summed E-state index contributed by atoms with van der Waals surface area (Å²) >= 11 is 0. The molecule has 0 aliphatic rings. The Balaban J connectivity index is -0.000000200. The zero-order valence-corrected chi connectivity index (χ0v) is 19.8. The van der Waals surface area contributed by atoms with Crippen molar-refractivity contribution in [3.63, 3.8) is 0 Å². The first-order valence-electron chi connectivity index (χ1n) is 10.4. The van der Waals surface area contributed by atoms with Crippen molar-refractivity contribution in [2.75, 3.05) is 26.4 Å². The first kappa shape index (κ1) is 42.5. The van der Waals surface area contributed by atoms with Gasteiger partial charge in [0, 0.05) is 0 Å². The zero-order chi connectivity index (χ0) is 30.3. The third-order valence-corrected chi connectivity index (χ3v) is 3.90. The van der Waals surface area contributed by atoms with Gasteiger partial charge >= 0.3 is 0 Å². The van der Waals surface area contributed by atoms with Gasteiger partial charge in [0.05, 0.1) is 32.5 Å². The lowest BCUT2D eigenvalue weighted by Gasteiger charge is -2.21. The Hall–Kier alpha value is -1.59. The molecule has 18 heteroatoms. The van der Waals surface area contributed by atoms with Gasteiger partial charge in [0.15, 0.2) is 18.9 Å². The van der Waals surface area contributed by atoms with Crippen molar-refractivity contribution in [2.24, 2.45) is 0 Å². The van der Waals surface area contributed by atoms with E-state index in [1.165, 1.54) is 6.92 Å². The minimum absolute atomic E-state index is 0.0869. The van der Waals surface area contributed by atoms with E-state index in [1.807, 2.05) is 0 Å². The van der Waals surface area contributed by atoms with Crippen LogP contribution in [0.2, 0.25) is 0 Å². The number of rotatable bonds is 14. The topological polar surface area (TPSA) is 355 Å².